The maximum atomic E-state index is 12.7. The molecule has 7 heteroatoms. The molecule has 0 spiro atoms. The lowest BCUT2D eigenvalue weighted by molar-refractivity contribution is -0.133. The van der Waals surface area contributed by atoms with Crippen molar-refractivity contribution in [1.29, 1.82) is 0 Å². The number of carbonyl (C=O) groups is 1. The fraction of sp³-hybridized carbons (Fsp3) is 0.471. The Morgan fingerprint density at radius 3 is 2.50 bits per heavy atom. The van der Waals surface area contributed by atoms with Crippen molar-refractivity contribution in [3.05, 3.63) is 41.4 Å². The molecule has 1 unspecified atom stereocenters. The number of amides is 1. The number of hydrogen-bond acceptors (Lipinski definition) is 3. The number of nitrogens with zero attached hydrogens (tertiary/aromatic N) is 2. The van der Waals surface area contributed by atoms with E-state index in [0.29, 0.717) is 38.5 Å². The van der Waals surface area contributed by atoms with Crippen molar-refractivity contribution in [2.45, 2.75) is 24.2 Å². The molecular weight excluding hydrogens is 348 g/mol. The molecule has 0 N–H and O–H groups in total. The normalized spacial score (nSPS) is 22.0. The summed E-state index contributed by atoms with van der Waals surface area (Å²) in [6, 6.07) is 6.45. The minimum Gasteiger partial charge on any atom is -0.340 e. The molecule has 2 aliphatic rings. The van der Waals surface area contributed by atoms with Crippen LogP contribution in [0.15, 0.2) is 41.3 Å². The van der Waals surface area contributed by atoms with Crippen LogP contribution in [-0.4, -0.2) is 49.7 Å². The highest BCUT2D eigenvalue weighted by Gasteiger charge is 2.31. The average Bonchev–Trinajstić information content (AvgIpc) is 3.08. The van der Waals surface area contributed by atoms with Crippen molar-refractivity contribution in [1.82, 2.24) is 9.21 Å². The number of halogens is 1. The molecule has 1 aromatic rings. The highest BCUT2D eigenvalue weighted by molar-refractivity contribution is 7.89. The molecule has 5 nitrogen and oxygen atoms in total. The van der Waals surface area contributed by atoms with E-state index in [1.54, 1.807) is 23.1 Å². The Hall–Kier alpha value is -1.37. The first kappa shape index (κ1) is 17.5. The monoisotopic (exact) mass is 368 g/mol. The van der Waals surface area contributed by atoms with Crippen LogP contribution in [0.1, 0.15) is 19.3 Å². The van der Waals surface area contributed by atoms with Gasteiger partial charge in [0.25, 0.3) is 0 Å². The molecule has 1 fully saturated rings. The molecule has 0 radical (unpaired) electrons. The van der Waals surface area contributed by atoms with E-state index < -0.39 is 10.0 Å². The van der Waals surface area contributed by atoms with Gasteiger partial charge in [-0.05, 0) is 30.9 Å². The minimum atomic E-state index is -3.61. The number of benzene rings is 1. The summed E-state index contributed by atoms with van der Waals surface area (Å²) in [6.07, 6.45) is 6.82. The Morgan fingerprint density at radius 1 is 1.17 bits per heavy atom. The van der Waals surface area contributed by atoms with Crippen molar-refractivity contribution in [2.75, 3.05) is 26.2 Å². The Kier molecular flexibility index (Phi) is 5.27. The Balaban J connectivity index is 1.61. The summed E-state index contributed by atoms with van der Waals surface area (Å²) in [5, 5.41) is 0.226. The zero-order chi connectivity index (χ0) is 17.2. The van der Waals surface area contributed by atoms with E-state index in [1.165, 1.54) is 10.4 Å². The maximum Gasteiger partial charge on any atom is 0.244 e. The van der Waals surface area contributed by atoms with E-state index in [1.807, 2.05) is 0 Å². The Bertz CT molecular complexity index is 740. The molecule has 1 heterocycles. The largest absolute Gasteiger partial charge is 0.340 e. The van der Waals surface area contributed by atoms with Crippen LogP contribution in [0.5, 0.6) is 0 Å². The molecule has 1 aliphatic carbocycles. The van der Waals surface area contributed by atoms with Crippen LogP contribution >= 0.6 is 11.6 Å². The van der Waals surface area contributed by atoms with Crippen LogP contribution in [0.2, 0.25) is 5.02 Å². The molecule has 1 aliphatic heterocycles. The van der Waals surface area contributed by atoms with Crippen molar-refractivity contribution in [3.63, 3.8) is 0 Å². The standard InChI is InChI=1S/C17H21ClN2O3S/c18-15-7-3-4-8-16(15)24(22,23)20-11-9-19(10-12-20)17(21)13-14-5-1-2-6-14/h1,3-5,7-8,14H,2,6,9-13H2. The molecule has 1 saturated heterocycles. The number of allylic oxidation sites excluding steroid dienone is 2. The van der Waals surface area contributed by atoms with E-state index in [2.05, 4.69) is 12.2 Å². The third-order valence-corrected chi connectivity index (χ3v) is 6.99. The topological polar surface area (TPSA) is 57.7 Å². The summed E-state index contributed by atoms with van der Waals surface area (Å²) in [7, 11) is -3.61. The Labute approximate surface area is 147 Å². The second-order valence-corrected chi connectivity index (χ2v) is 8.50. The van der Waals surface area contributed by atoms with E-state index in [0.717, 1.165) is 12.8 Å². The van der Waals surface area contributed by atoms with Gasteiger partial charge < -0.3 is 4.90 Å². The summed E-state index contributed by atoms with van der Waals surface area (Å²) in [4.78, 5) is 14.2. The second-order valence-electron chi connectivity index (χ2n) is 6.19. The molecule has 3 rings (SSSR count). The highest BCUT2D eigenvalue weighted by Crippen LogP contribution is 2.26. The van der Waals surface area contributed by atoms with Gasteiger partial charge in [-0.1, -0.05) is 35.9 Å². The first-order valence-electron chi connectivity index (χ1n) is 8.17. The summed E-state index contributed by atoms with van der Waals surface area (Å²) < 4.78 is 26.8. The molecule has 24 heavy (non-hydrogen) atoms. The molecule has 0 aromatic heterocycles. The molecule has 1 amide bonds. The predicted octanol–water partition coefficient (Wildman–Crippen LogP) is 2.53. The average molecular weight is 369 g/mol. The van der Waals surface area contributed by atoms with E-state index in [9.17, 15) is 13.2 Å². The number of piperazine rings is 1. The predicted molar refractivity (Wildman–Crippen MR) is 93.3 cm³/mol. The number of rotatable bonds is 4. The summed E-state index contributed by atoms with van der Waals surface area (Å²) in [6.45, 7) is 1.47. The van der Waals surface area contributed by atoms with Crippen LogP contribution < -0.4 is 0 Å². The van der Waals surface area contributed by atoms with Gasteiger partial charge in [-0.25, -0.2) is 8.42 Å². The van der Waals surface area contributed by atoms with Gasteiger partial charge in [-0.15, -0.1) is 0 Å². The molecule has 130 valence electrons. The van der Waals surface area contributed by atoms with Crippen LogP contribution in [0.25, 0.3) is 0 Å². The lowest BCUT2D eigenvalue weighted by atomic mass is 10.0. The smallest absolute Gasteiger partial charge is 0.244 e. The van der Waals surface area contributed by atoms with Gasteiger partial charge in [-0.2, -0.15) is 4.31 Å². The fourth-order valence-electron chi connectivity index (χ4n) is 3.19. The van der Waals surface area contributed by atoms with E-state index in [-0.39, 0.29) is 15.8 Å². The minimum absolute atomic E-state index is 0.112. The third kappa shape index (κ3) is 3.66. The van der Waals surface area contributed by atoms with Crippen molar-refractivity contribution >= 4 is 27.5 Å². The SMILES string of the molecule is O=C(CC1C=CCC1)N1CCN(S(=O)(=O)c2ccccc2Cl)CC1. The fourth-order valence-corrected chi connectivity index (χ4v) is 5.10. The van der Waals surface area contributed by atoms with Gasteiger partial charge >= 0.3 is 0 Å². The van der Waals surface area contributed by atoms with Crippen LogP contribution in [0, 0.1) is 5.92 Å². The summed E-state index contributed by atoms with van der Waals surface area (Å²) >= 11 is 6.03. The van der Waals surface area contributed by atoms with Crippen LogP contribution in [0.4, 0.5) is 0 Å². The van der Waals surface area contributed by atoms with Gasteiger partial charge in [0.1, 0.15) is 4.90 Å². The van der Waals surface area contributed by atoms with Crippen molar-refractivity contribution < 1.29 is 13.2 Å². The summed E-state index contributed by atoms with van der Waals surface area (Å²) in [5.74, 6) is 0.448. The number of carbonyl (C=O) groups excluding carboxylic acids is 1. The van der Waals surface area contributed by atoms with Gasteiger partial charge in [0, 0.05) is 32.6 Å². The number of sulfonamides is 1. The zero-order valence-corrected chi connectivity index (χ0v) is 15.0. The van der Waals surface area contributed by atoms with Gasteiger partial charge in [0.15, 0.2) is 0 Å². The molecule has 0 saturated carbocycles. The lowest BCUT2D eigenvalue weighted by Gasteiger charge is -2.34. The van der Waals surface area contributed by atoms with Gasteiger partial charge in [-0.3, -0.25) is 4.79 Å². The first-order valence-corrected chi connectivity index (χ1v) is 9.99. The lowest BCUT2D eigenvalue weighted by Crippen LogP contribution is -2.50. The summed E-state index contributed by atoms with van der Waals surface area (Å²) in [5.41, 5.74) is 0. The second kappa shape index (κ2) is 7.25. The quantitative estimate of drug-likeness (QED) is 0.767. The van der Waals surface area contributed by atoms with Crippen LogP contribution in [0.3, 0.4) is 0 Å². The van der Waals surface area contributed by atoms with Gasteiger partial charge in [0.05, 0.1) is 5.02 Å². The van der Waals surface area contributed by atoms with Crippen LogP contribution in [-0.2, 0) is 14.8 Å². The number of hydrogen-bond donors (Lipinski definition) is 0. The molecule has 1 atom stereocenters. The third-order valence-electron chi connectivity index (χ3n) is 4.60. The van der Waals surface area contributed by atoms with E-state index >= 15 is 0 Å². The molecule has 0 bridgehead atoms. The van der Waals surface area contributed by atoms with Crippen molar-refractivity contribution in [2.24, 2.45) is 5.92 Å². The Morgan fingerprint density at radius 2 is 1.88 bits per heavy atom. The maximum absolute atomic E-state index is 12.7. The molecular formula is C17H21ClN2O3S. The van der Waals surface area contributed by atoms with Gasteiger partial charge in [0.2, 0.25) is 15.9 Å². The zero-order valence-electron chi connectivity index (χ0n) is 13.4. The molecule has 1 aromatic carbocycles. The van der Waals surface area contributed by atoms with E-state index in [4.69, 9.17) is 11.6 Å². The first-order chi connectivity index (χ1) is 11.5. The van der Waals surface area contributed by atoms with Crippen molar-refractivity contribution in [3.8, 4) is 0 Å². The highest BCUT2D eigenvalue weighted by atomic mass is 35.5.